The second-order valence-corrected chi connectivity index (χ2v) is 7.77. The first-order valence-electron chi connectivity index (χ1n) is 8.45. The number of alkyl carbamates (subject to hydrolysis) is 1. The number of carbonyl (C=O) groups is 1. The van der Waals surface area contributed by atoms with Gasteiger partial charge in [-0.15, -0.1) is 0 Å². The summed E-state index contributed by atoms with van der Waals surface area (Å²) in [6, 6.07) is 12.1. The van der Waals surface area contributed by atoms with Crippen LogP contribution in [0.3, 0.4) is 0 Å². The molecule has 5 nitrogen and oxygen atoms in total. The zero-order chi connectivity index (χ0) is 20.0. The minimum absolute atomic E-state index is 0.278. The molecule has 7 heteroatoms. The van der Waals surface area contributed by atoms with Gasteiger partial charge in [0.05, 0.1) is 22.7 Å². The first-order chi connectivity index (χ1) is 12.7. The molecule has 1 atom stereocenters. The molecule has 27 heavy (non-hydrogen) atoms. The zero-order valence-corrected chi connectivity index (χ0v) is 17.0. The third-order valence-corrected chi connectivity index (χ3v) is 4.15. The highest BCUT2D eigenvalue weighted by Gasteiger charge is 2.24. The lowest BCUT2D eigenvalue weighted by molar-refractivity contribution is 0.0482. The Hall–Kier alpha value is -1.95. The summed E-state index contributed by atoms with van der Waals surface area (Å²) in [6.45, 7) is 5.23. The predicted octanol–water partition coefficient (Wildman–Crippen LogP) is 5.13. The number of carbonyl (C=O) groups excluding carboxylic acids is 1. The second kappa shape index (κ2) is 9.31. The van der Waals surface area contributed by atoms with E-state index in [0.29, 0.717) is 17.9 Å². The fraction of sp³-hybridized carbons (Fsp3) is 0.350. The van der Waals surface area contributed by atoms with Gasteiger partial charge in [0.2, 0.25) is 0 Å². The summed E-state index contributed by atoms with van der Waals surface area (Å²) in [6.07, 6.45) is -0.668. The van der Waals surface area contributed by atoms with Crippen molar-refractivity contribution in [2.24, 2.45) is 0 Å². The van der Waals surface area contributed by atoms with Crippen LogP contribution in [0.2, 0.25) is 10.0 Å². The smallest absolute Gasteiger partial charge is 0.408 e. The zero-order valence-electron chi connectivity index (χ0n) is 15.5. The van der Waals surface area contributed by atoms with Crippen LogP contribution in [0.4, 0.5) is 4.79 Å². The van der Waals surface area contributed by atoms with Crippen LogP contribution in [0.15, 0.2) is 42.5 Å². The maximum atomic E-state index is 12.0. The second-order valence-electron chi connectivity index (χ2n) is 6.96. The lowest BCUT2D eigenvalue weighted by Crippen LogP contribution is -2.36. The number of amides is 1. The molecule has 0 aliphatic heterocycles. The molecule has 1 amide bonds. The number of hydrogen-bond acceptors (Lipinski definition) is 4. The van der Waals surface area contributed by atoms with Gasteiger partial charge in [-0.3, -0.25) is 0 Å². The molecule has 0 aliphatic rings. The van der Waals surface area contributed by atoms with Gasteiger partial charge in [-0.1, -0.05) is 53.5 Å². The third-order valence-electron chi connectivity index (χ3n) is 3.52. The van der Waals surface area contributed by atoms with Crippen molar-refractivity contribution < 1.29 is 19.4 Å². The van der Waals surface area contributed by atoms with Gasteiger partial charge in [-0.2, -0.15) is 0 Å². The van der Waals surface area contributed by atoms with Gasteiger partial charge in [0, 0.05) is 5.56 Å². The number of rotatable bonds is 6. The summed E-state index contributed by atoms with van der Waals surface area (Å²) in [5.74, 6) is 0.492. The van der Waals surface area contributed by atoms with Gasteiger partial charge in [0.1, 0.15) is 18.0 Å². The average molecular weight is 412 g/mol. The van der Waals surface area contributed by atoms with Crippen LogP contribution in [-0.4, -0.2) is 23.4 Å². The Morgan fingerprint density at radius 2 is 1.74 bits per heavy atom. The molecule has 0 unspecified atom stereocenters. The molecule has 0 saturated carbocycles. The molecule has 0 heterocycles. The standard InChI is InChI=1S/C20H23Cl2NO4/c1-20(2,3)27-19(25)23-17(11-24)18-15(21)9-14(10-16(18)22)26-12-13-7-5-4-6-8-13/h4-10,17,24H,11-12H2,1-3H3,(H,23,25)/t17-/m0/s1. The summed E-state index contributed by atoms with van der Waals surface area (Å²) in [7, 11) is 0. The number of hydrogen-bond donors (Lipinski definition) is 2. The van der Waals surface area contributed by atoms with Gasteiger partial charge >= 0.3 is 6.09 Å². The Morgan fingerprint density at radius 3 is 2.26 bits per heavy atom. The number of aliphatic hydroxyl groups is 1. The van der Waals surface area contributed by atoms with E-state index >= 15 is 0 Å². The summed E-state index contributed by atoms with van der Waals surface area (Å²) >= 11 is 12.7. The molecule has 0 saturated heterocycles. The van der Waals surface area contributed by atoms with Gasteiger partial charge in [0.25, 0.3) is 0 Å². The lowest BCUT2D eigenvalue weighted by Gasteiger charge is -2.24. The first kappa shape index (κ1) is 21.4. The fourth-order valence-electron chi connectivity index (χ4n) is 2.38. The Kier molecular flexibility index (Phi) is 7.36. The van der Waals surface area contributed by atoms with Crippen molar-refractivity contribution in [2.75, 3.05) is 6.61 Å². The largest absolute Gasteiger partial charge is 0.489 e. The number of nitrogens with one attached hydrogen (secondary N) is 1. The molecule has 0 spiro atoms. The quantitative estimate of drug-likeness (QED) is 0.690. The minimum Gasteiger partial charge on any atom is -0.489 e. The monoisotopic (exact) mass is 411 g/mol. The predicted molar refractivity (Wildman–Crippen MR) is 106 cm³/mol. The summed E-state index contributed by atoms with van der Waals surface area (Å²) in [4.78, 5) is 12.0. The van der Waals surface area contributed by atoms with E-state index in [2.05, 4.69) is 5.32 Å². The third kappa shape index (κ3) is 6.61. The van der Waals surface area contributed by atoms with Gasteiger partial charge in [-0.05, 0) is 38.5 Å². The van der Waals surface area contributed by atoms with E-state index in [9.17, 15) is 9.90 Å². The minimum atomic E-state index is -0.803. The van der Waals surface area contributed by atoms with Crippen molar-refractivity contribution in [2.45, 2.75) is 39.0 Å². The number of aliphatic hydroxyl groups excluding tert-OH is 1. The van der Waals surface area contributed by atoms with Gasteiger partial charge in [0.15, 0.2) is 0 Å². The maximum absolute atomic E-state index is 12.0. The van der Waals surface area contributed by atoms with E-state index in [0.717, 1.165) is 5.56 Å². The van der Waals surface area contributed by atoms with E-state index in [-0.39, 0.29) is 16.7 Å². The highest BCUT2D eigenvalue weighted by atomic mass is 35.5. The lowest BCUT2D eigenvalue weighted by atomic mass is 10.1. The molecule has 0 aliphatic carbocycles. The van der Waals surface area contributed by atoms with E-state index in [4.69, 9.17) is 32.7 Å². The van der Waals surface area contributed by atoms with Crippen LogP contribution in [-0.2, 0) is 11.3 Å². The Labute approximate surface area is 169 Å². The molecular formula is C20H23Cl2NO4. The van der Waals surface area contributed by atoms with Gasteiger partial charge < -0.3 is 19.9 Å². The van der Waals surface area contributed by atoms with E-state index in [1.807, 2.05) is 30.3 Å². The van der Waals surface area contributed by atoms with Crippen molar-refractivity contribution in [3.05, 3.63) is 63.6 Å². The molecule has 0 bridgehead atoms. The normalized spacial score (nSPS) is 12.4. The molecule has 2 N–H and O–H groups in total. The first-order valence-corrected chi connectivity index (χ1v) is 9.21. The Bertz CT molecular complexity index is 752. The molecule has 0 fully saturated rings. The van der Waals surface area contributed by atoms with Crippen LogP contribution in [0.25, 0.3) is 0 Å². The maximum Gasteiger partial charge on any atom is 0.408 e. The number of benzene rings is 2. The van der Waals surface area contributed by atoms with Gasteiger partial charge in [-0.25, -0.2) is 4.79 Å². The Morgan fingerprint density at radius 1 is 1.15 bits per heavy atom. The van der Waals surface area contributed by atoms with Crippen molar-refractivity contribution in [1.82, 2.24) is 5.32 Å². The molecule has 146 valence electrons. The van der Waals surface area contributed by atoms with Crippen molar-refractivity contribution in [3.8, 4) is 5.75 Å². The summed E-state index contributed by atoms with van der Waals surface area (Å²) < 4.78 is 10.9. The average Bonchev–Trinajstić information content (AvgIpc) is 2.57. The SMILES string of the molecule is CC(C)(C)OC(=O)N[C@@H](CO)c1c(Cl)cc(OCc2ccccc2)cc1Cl. The highest BCUT2D eigenvalue weighted by Crippen LogP contribution is 2.35. The van der Waals surface area contributed by atoms with Crippen LogP contribution in [0, 0.1) is 0 Å². The number of ether oxygens (including phenoxy) is 2. The molecular weight excluding hydrogens is 389 g/mol. The summed E-state index contributed by atoms with van der Waals surface area (Å²) in [5.41, 5.74) is 0.750. The molecule has 2 aromatic rings. The van der Waals surface area contributed by atoms with Crippen LogP contribution >= 0.6 is 23.2 Å². The van der Waals surface area contributed by atoms with E-state index in [1.165, 1.54) is 0 Å². The van der Waals surface area contributed by atoms with Crippen molar-refractivity contribution in [1.29, 1.82) is 0 Å². The molecule has 0 aromatic heterocycles. The molecule has 0 radical (unpaired) electrons. The number of halogens is 2. The fourth-order valence-corrected chi connectivity index (χ4v) is 3.11. The highest BCUT2D eigenvalue weighted by molar-refractivity contribution is 6.36. The van der Waals surface area contributed by atoms with Crippen LogP contribution in [0.5, 0.6) is 5.75 Å². The van der Waals surface area contributed by atoms with Crippen LogP contribution in [0.1, 0.15) is 37.9 Å². The van der Waals surface area contributed by atoms with E-state index < -0.39 is 17.7 Å². The topological polar surface area (TPSA) is 67.8 Å². The van der Waals surface area contributed by atoms with Crippen molar-refractivity contribution in [3.63, 3.8) is 0 Å². The molecule has 2 rings (SSSR count). The van der Waals surface area contributed by atoms with Crippen molar-refractivity contribution >= 4 is 29.3 Å². The Balaban J connectivity index is 2.13. The molecule has 2 aromatic carbocycles. The summed E-state index contributed by atoms with van der Waals surface area (Å²) in [5, 5.41) is 12.8. The van der Waals surface area contributed by atoms with E-state index in [1.54, 1.807) is 32.9 Å². The van der Waals surface area contributed by atoms with Crippen LogP contribution < -0.4 is 10.1 Å².